The summed E-state index contributed by atoms with van der Waals surface area (Å²) in [5.74, 6) is -0.497. The number of H-pyrrole nitrogens is 1. The van der Waals surface area contributed by atoms with E-state index in [2.05, 4.69) is 36.7 Å². The standard InChI is InChI=1S/C24H25N7O6S3/c1-40(34,35)20(22-29-28-19(37-22)11-18-21(32)27-24(33)39-18)23-26-16-3-2-14(10-17(16)38-23)15-12-25-31(13-15)5-4-30-6-8-36-9-7-30/h2-3,10,12-13,18,20H,4-9,11H2,1H3,(H,27,32,33)/p+1. The number of nitrogens with zero attached hydrogens (tertiary/aromatic N) is 5. The summed E-state index contributed by atoms with van der Waals surface area (Å²) < 4.78 is 39.6. The number of imide groups is 1. The van der Waals surface area contributed by atoms with Crippen molar-refractivity contribution in [3.8, 4) is 11.1 Å². The molecule has 5 heterocycles. The smallest absolute Gasteiger partial charge is 0.286 e. The summed E-state index contributed by atoms with van der Waals surface area (Å²) in [5.41, 5.74) is 2.64. The molecule has 2 aliphatic heterocycles. The number of carbonyl (C=O) groups is 2. The Balaban J connectivity index is 1.21. The van der Waals surface area contributed by atoms with Gasteiger partial charge in [-0.05, 0) is 17.7 Å². The average molecular weight is 605 g/mol. The van der Waals surface area contributed by atoms with Crippen molar-refractivity contribution in [3.05, 3.63) is 47.4 Å². The van der Waals surface area contributed by atoms with E-state index < -0.39 is 31.5 Å². The number of hydrogen-bond acceptors (Lipinski definition) is 12. The summed E-state index contributed by atoms with van der Waals surface area (Å²) in [6.45, 7) is 5.18. The molecule has 0 spiro atoms. The molecule has 0 bridgehead atoms. The number of thioether (sulfide) groups is 1. The van der Waals surface area contributed by atoms with Gasteiger partial charge < -0.3 is 9.15 Å². The monoisotopic (exact) mass is 604 g/mol. The number of fused-ring (bicyclic) bond motifs is 1. The number of amides is 2. The van der Waals surface area contributed by atoms with Gasteiger partial charge in [0.2, 0.25) is 23.9 Å². The van der Waals surface area contributed by atoms with Crippen molar-refractivity contribution < 1.29 is 31.8 Å². The molecule has 0 aliphatic carbocycles. The first-order chi connectivity index (χ1) is 19.2. The Morgan fingerprint density at radius 1 is 1.20 bits per heavy atom. The van der Waals surface area contributed by atoms with Crippen LogP contribution in [0, 0.1) is 0 Å². The zero-order valence-electron chi connectivity index (χ0n) is 21.4. The molecule has 13 nitrogen and oxygen atoms in total. The predicted octanol–water partition coefficient (Wildman–Crippen LogP) is 1.32. The molecule has 1 aromatic carbocycles. The predicted molar refractivity (Wildman–Crippen MR) is 146 cm³/mol. The lowest BCUT2D eigenvalue weighted by Gasteiger charge is -2.24. The maximum atomic E-state index is 12.8. The van der Waals surface area contributed by atoms with Gasteiger partial charge >= 0.3 is 0 Å². The largest absolute Gasteiger partial charge is 0.423 e. The molecule has 3 aromatic heterocycles. The lowest BCUT2D eigenvalue weighted by molar-refractivity contribution is -0.749. The third-order valence-electron chi connectivity index (χ3n) is 6.67. The summed E-state index contributed by atoms with van der Waals surface area (Å²) >= 11 is 2.08. The number of carbonyl (C=O) groups excluding carboxylic acids is 2. The number of hydrogen-bond donors (Lipinski definition) is 2. The van der Waals surface area contributed by atoms with Crippen molar-refractivity contribution in [1.82, 2.24) is 30.5 Å². The molecule has 4 aromatic rings. The molecule has 6 rings (SSSR count). The van der Waals surface area contributed by atoms with Crippen LogP contribution in [0.25, 0.3) is 21.3 Å². The maximum absolute atomic E-state index is 12.8. The van der Waals surface area contributed by atoms with E-state index in [1.165, 1.54) is 11.3 Å². The number of rotatable bonds is 9. The molecule has 2 aliphatic rings. The van der Waals surface area contributed by atoms with Gasteiger partial charge in [-0.15, -0.1) is 26.2 Å². The van der Waals surface area contributed by atoms with Gasteiger partial charge in [0.05, 0.1) is 41.7 Å². The van der Waals surface area contributed by atoms with Crippen molar-refractivity contribution in [2.45, 2.75) is 23.5 Å². The molecule has 0 radical (unpaired) electrons. The second kappa shape index (κ2) is 11.0. The number of thiazole rings is 1. The minimum absolute atomic E-state index is 0.0119. The molecule has 2 N–H and O–H groups in total. The number of benzene rings is 1. The van der Waals surface area contributed by atoms with Gasteiger partial charge in [-0.2, -0.15) is 5.10 Å². The zero-order chi connectivity index (χ0) is 27.9. The van der Waals surface area contributed by atoms with Gasteiger partial charge in [-0.1, -0.05) is 17.8 Å². The summed E-state index contributed by atoms with van der Waals surface area (Å²) in [7, 11) is -3.73. The van der Waals surface area contributed by atoms with E-state index in [-0.39, 0.29) is 18.2 Å². The van der Waals surface area contributed by atoms with Crippen LogP contribution in [0.4, 0.5) is 4.79 Å². The fourth-order valence-corrected chi connectivity index (χ4v) is 7.94. The minimum atomic E-state index is -3.73. The Kier molecular flexibility index (Phi) is 7.43. The Hall–Kier alpha value is -3.18. The van der Waals surface area contributed by atoms with Crippen LogP contribution in [0.2, 0.25) is 0 Å². The van der Waals surface area contributed by atoms with Gasteiger partial charge in [0.25, 0.3) is 5.24 Å². The van der Waals surface area contributed by atoms with E-state index in [0.29, 0.717) is 10.5 Å². The number of aromatic nitrogens is 5. The fraction of sp³-hybridized carbons (Fsp3) is 0.417. The number of sulfone groups is 1. The first kappa shape index (κ1) is 27.0. The van der Waals surface area contributed by atoms with Crippen molar-refractivity contribution in [2.75, 3.05) is 39.1 Å². The van der Waals surface area contributed by atoms with Crippen molar-refractivity contribution in [3.63, 3.8) is 0 Å². The second-order valence-corrected chi connectivity index (χ2v) is 13.9. The van der Waals surface area contributed by atoms with Crippen LogP contribution in [0.5, 0.6) is 0 Å². The first-order valence-corrected chi connectivity index (χ1v) is 16.2. The number of aromatic amines is 1. The zero-order valence-corrected chi connectivity index (χ0v) is 23.9. The van der Waals surface area contributed by atoms with Gasteiger partial charge in [-0.25, -0.2) is 13.4 Å². The van der Waals surface area contributed by atoms with Crippen molar-refractivity contribution in [1.29, 1.82) is 0 Å². The van der Waals surface area contributed by atoms with E-state index in [1.54, 1.807) is 0 Å². The second-order valence-electron chi connectivity index (χ2n) is 9.57. The third kappa shape index (κ3) is 5.81. The van der Waals surface area contributed by atoms with Gasteiger partial charge in [0.1, 0.15) is 10.3 Å². The van der Waals surface area contributed by atoms with Crippen LogP contribution in [-0.2, 0) is 32.3 Å². The molecule has 16 heteroatoms. The lowest BCUT2D eigenvalue weighted by Crippen LogP contribution is -2.45. The van der Waals surface area contributed by atoms with E-state index in [4.69, 9.17) is 9.15 Å². The first-order valence-electron chi connectivity index (χ1n) is 12.5. The summed E-state index contributed by atoms with van der Waals surface area (Å²) in [5, 5.41) is 11.3. The maximum Gasteiger partial charge on any atom is 0.286 e. The normalized spacial score (nSPS) is 19.4. The molecule has 40 heavy (non-hydrogen) atoms. The van der Waals surface area contributed by atoms with Crippen LogP contribution >= 0.6 is 23.1 Å². The molecule has 2 unspecified atom stereocenters. The number of morpholine rings is 1. The SMILES string of the molecule is CS(=O)(=O)C(c1nnc(CC2SC(=O)NC2=O)o1)c1nc2ccc(-c3c[nH][n+](CCN4CCOCC4)c3)cc2s1. The lowest BCUT2D eigenvalue weighted by atomic mass is 10.1. The van der Waals surface area contributed by atoms with E-state index in [1.807, 2.05) is 29.1 Å². The molecule has 2 amide bonds. The minimum Gasteiger partial charge on any atom is -0.423 e. The van der Waals surface area contributed by atoms with Gasteiger partial charge in [0.15, 0.2) is 21.6 Å². The van der Waals surface area contributed by atoms with Crippen LogP contribution < -0.4 is 10.00 Å². The van der Waals surface area contributed by atoms with Crippen LogP contribution in [0.1, 0.15) is 22.0 Å². The van der Waals surface area contributed by atoms with Crippen LogP contribution in [0.3, 0.4) is 0 Å². The number of nitrogens with one attached hydrogen (secondary N) is 2. The fourth-order valence-electron chi connectivity index (χ4n) is 4.60. The molecule has 2 saturated heterocycles. The highest BCUT2D eigenvalue weighted by Gasteiger charge is 2.36. The van der Waals surface area contributed by atoms with Crippen LogP contribution in [0.15, 0.2) is 35.0 Å². The number of ether oxygens (including phenoxy) is 1. The quantitative estimate of drug-likeness (QED) is 0.265. The summed E-state index contributed by atoms with van der Waals surface area (Å²) in [6, 6.07) is 5.80. The Morgan fingerprint density at radius 3 is 2.77 bits per heavy atom. The summed E-state index contributed by atoms with van der Waals surface area (Å²) in [4.78, 5) is 30.3. The van der Waals surface area contributed by atoms with Crippen molar-refractivity contribution >= 4 is 54.3 Å². The summed E-state index contributed by atoms with van der Waals surface area (Å²) in [6.07, 6.45) is 5.10. The van der Waals surface area contributed by atoms with E-state index >= 15 is 0 Å². The third-order valence-corrected chi connectivity index (χ3v) is 10.2. The van der Waals surface area contributed by atoms with Gasteiger partial charge in [0, 0.05) is 25.8 Å². The van der Waals surface area contributed by atoms with Gasteiger partial charge in [-0.3, -0.25) is 19.8 Å². The molecule has 2 fully saturated rings. The Morgan fingerprint density at radius 2 is 2.02 bits per heavy atom. The highest BCUT2D eigenvalue weighted by Crippen LogP contribution is 2.36. The molecule has 210 valence electrons. The average Bonchev–Trinajstić information content (AvgIpc) is 3.70. The van der Waals surface area contributed by atoms with Crippen molar-refractivity contribution in [2.24, 2.45) is 0 Å². The molecular weight excluding hydrogens is 579 g/mol. The van der Waals surface area contributed by atoms with E-state index in [0.717, 1.165) is 73.2 Å². The molecule has 0 saturated carbocycles. The Labute approximate surface area is 237 Å². The highest BCUT2D eigenvalue weighted by atomic mass is 32.2. The molecular formula is C24H26N7O6S3+. The molecule has 2 atom stereocenters. The van der Waals surface area contributed by atoms with Crippen LogP contribution in [-0.4, -0.2) is 89.1 Å². The highest BCUT2D eigenvalue weighted by molar-refractivity contribution is 8.15. The van der Waals surface area contributed by atoms with E-state index in [9.17, 15) is 18.0 Å². The topological polar surface area (TPSA) is 164 Å². The Bertz CT molecular complexity index is 1670.